The van der Waals surface area contributed by atoms with Gasteiger partial charge >= 0.3 is 0 Å². The predicted octanol–water partition coefficient (Wildman–Crippen LogP) is 0.616. The molecule has 1 amide bonds. The number of hydrogen-bond donors (Lipinski definition) is 3. The van der Waals surface area contributed by atoms with Crippen LogP contribution in [0.25, 0.3) is 0 Å². The Hall–Kier alpha value is -1.55. The Labute approximate surface area is 89.3 Å². The molecule has 0 saturated carbocycles. The van der Waals surface area contributed by atoms with E-state index in [1.807, 2.05) is 0 Å². The summed E-state index contributed by atoms with van der Waals surface area (Å²) in [4.78, 5) is 11.4. The van der Waals surface area contributed by atoms with Gasteiger partial charge in [0.25, 0.3) is 0 Å². The number of benzene rings is 1. The molecule has 3 N–H and O–H groups in total. The number of rotatable bonds is 4. The Kier molecular flexibility index (Phi) is 4.12. The summed E-state index contributed by atoms with van der Waals surface area (Å²) in [5.41, 5.74) is 0.962. The van der Waals surface area contributed by atoms with Crippen molar-refractivity contribution in [3.63, 3.8) is 0 Å². The van der Waals surface area contributed by atoms with Gasteiger partial charge in [0.15, 0.2) is 0 Å². The molecular weight excluding hydrogens is 192 g/mol. The highest BCUT2D eigenvalue weighted by Gasteiger charge is 2.08. The summed E-state index contributed by atoms with van der Waals surface area (Å²) in [6, 6.07) is 6.56. The third kappa shape index (κ3) is 3.59. The molecule has 0 aliphatic heterocycles. The Morgan fingerprint density at radius 1 is 1.40 bits per heavy atom. The third-order valence-corrected chi connectivity index (χ3v) is 2.23. The number of carbonyl (C=O) groups excluding carboxylic acids is 1. The second kappa shape index (κ2) is 5.36. The van der Waals surface area contributed by atoms with Crippen LogP contribution in [0.5, 0.6) is 5.75 Å². The molecule has 1 unspecified atom stereocenters. The number of carbonyl (C=O) groups is 1. The summed E-state index contributed by atoms with van der Waals surface area (Å²) in [5.74, 6) is 0.194. The molecule has 0 radical (unpaired) electrons. The summed E-state index contributed by atoms with van der Waals surface area (Å²) in [5, 5.41) is 14.7. The van der Waals surface area contributed by atoms with Gasteiger partial charge in [0.05, 0.1) is 6.04 Å². The molecule has 15 heavy (non-hydrogen) atoms. The van der Waals surface area contributed by atoms with E-state index in [-0.39, 0.29) is 17.7 Å². The standard InChI is InChI=1S/C11H16N2O2/c1-8(12-2)11(15)13-7-9-3-5-10(14)6-4-9/h3-6,8,12,14H,7H2,1-2H3,(H,13,15). The first-order valence-corrected chi connectivity index (χ1v) is 4.86. The summed E-state index contributed by atoms with van der Waals surface area (Å²) in [6.45, 7) is 2.28. The highest BCUT2D eigenvalue weighted by Crippen LogP contribution is 2.09. The minimum Gasteiger partial charge on any atom is -0.508 e. The van der Waals surface area contributed by atoms with Crippen LogP contribution in [-0.4, -0.2) is 24.1 Å². The van der Waals surface area contributed by atoms with Gasteiger partial charge in [-0.15, -0.1) is 0 Å². The number of likely N-dealkylation sites (N-methyl/N-ethyl adjacent to an activating group) is 1. The Morgan fingerprint density at radius 2 is 2.00 bits per heavy atom. The molecule has 1 atom stereocenters. The Morgan fingerprint density at radius 3 is 2.53 bits per heavy atom. The van der Waals surface area contributed by atoms with Gasteiger partial charge < -0.3 is 15.7 Å². The first kappa shape index (κ1) is 11.5. The largest absolute Gasteiger partial charge is 0.508 e. The van der Waals surface area contributed by atoms with Crippen LogP contribution in [-0.2, 0) is 11.3 Å². The van der Waals surface area contributed by atoms with Crippen molar-refractivity contribution < 1.29 is 9.90 Å². The fraction of sp³-hybridized carbons (Fsp3) is 0.364. The van der Waals surface area contributed by atoms with Gasteiger partial charge in [0, 0.05) is 6.54 Å². The van der Waals surface area contributed by atoms with E-state index in [0.29, 0.717) is 6.54 Å². The van der Waals surface area contributed by atoms with Gasteiger partial charge in [-0.3, -0.25) is 4.79 Å². The molecule has 0 spiro atoms. The average molecular weight is 208 g/mol. The molecule has 82 valence electrons. The van der Waals surface area contributed by atoms with Crippen LogP contribution in [0.4, 0.5) is 0 Å². The Balaban J connectivity index is 2.43. The van der Waals surface area contributed by atoms with Crippen molar-refractivity contribution in [1.29, 1.82) is 0 Å². The highest BCUT2D eigenvalue weighted by molar-refractivity contribution is 5.81. The van der Waals surface area contributed by atoms with Crippen LogP contribution in [0, 0.1) is 0 Å². The number of aromatic hydroxyl groups is 1. The quantitative estimate of drug-likeness (QED) is 0.679. The zero-order chi connectivity index (χ0) is 11.3. The molecule has 1 aromatic carbocycles. The van der Waals surface area contributed by atoms with Gasteiger partial charge in [-0.2, -0.15) is 0 Å². The molecule has 4 heteroatoms. The maximum atomic E-state index is 11.4. The number of phenolic OH excluding ortho intramolecular Hbond substituents is 1. The number of hydrogen-bond acceptors (Lipinski definition) is 3. The summed E-state index contributed by atoms with van der Waals surface area (Å²) in [6.07, 6.45) is 0. The molecule has 0 aliphatic carbocycles. The maximum absolute atomic E-state index is 11.4. The van der Waals surface area contributed by atoms with Crippen LogP contribution in [0.2, 0.25) is 0 Å². The normalized spacial score (nSPS) is 12.1. The monoisotopic (exact) mass is 208 g/mol. The SMILES string of the molecule is CNC(C)C(=O)NCc1ccc(O)cc1. The van der Waals surface area contributed by atoms with Crippen molar-refractivity contribution in [2.75, 3.05) is 7.05 Å². The van der Waals surface area contributed by atoms with Crippen molar-refractivity contribution in [3.8, 4) is 5.75 Å². The van der Waals surface area contributed by atoms with Gasteiger partial charge in [0.2, 0.25) is 5.91 Å². The molecule has 0 heterocycles. The fourth-order valence-electron chi connectivity index (χ4n) is 1.09. The van der Waals surface area contributed by atoms with Crippen LogP contribution < -0.4 is 10.6 Å². The molecule has 1 aromatic rings. The van der Waals surface area contributed by atoms with E-state index in [9.17, 15) is 4.79 Å². The maximum Gasteiger partial charge on any atom is 0.237 e. The molecule has 0 aliphatic rings. The van der Waals surface area contributed by atoms with Gasteiger partial charge in [-0.25, -0.2) is 0 Å². The molecule has 4 nitrogen and oxygen atoms in total. The second-order valence-corrected chi connectivity index (χ2v) is 3.39. The molecule has 0 fully saturated rings. The van der Waals surface area contributed by atoms with Crippen LogP contribution in [0.1, 0.15) is 12.5 Å². The minimum atomic E-state index is -0.192. The number of phenols is 1. The van der Waals surface area contributed by atoms with E-state index >= 15 is 0 Å². The van der Waals surface area contributed by atoms with Crippen molar-refractivity contribution in [3.05, 3.63) is 29.8 Å². The van der Waals surface area contributed by atoms with Gasteiger partial charge in [-0.1, -0.05) is 12.1 Å². The zero-order valence-electron chi connectivity index (χ0n) is 8.95. The van der Waals surface area contributed by atoms with Crippen LogP contribution in [0.15, 0.2) is 24.3 Å². The number of amides is 1. The van der Waals surface area contributed by atoms with Crippen molar-refractivity contribution >= 4 is 5.91 Å². The minimum absolute atomic E-state index is 0.0365. The average Bonchev–Trinajstić information content (AvgIpc) is 2.26. The molecule has 0 aromatic heterocycles. The lowest BCUT2D eigenvalue weighted by atomic mass is 10.2. The summed E-state index contributed by atoms with van der Waals surface area (Å²) in [7, 11) is 1.74. The van der Waals surface area contributed by atoms with Crippen molar-refractivity contribution in [2.24, 2.45) is 0 Å². The molecule has 0 saturated heterocycles. The van der Waals surface area contributed by atoms with E-state index in [1.165, 1.54) is 0 Å². The molecule has 1 rings (SSSR count). The van der Waals surface area contributed by atoms with E-state index in [1.54, 1.807) is 38.2 Å². The predicted molar refractivity (Wildman–Crippen MR) is 58.5 cm³/mol. The van der Waals surface area contributed by atoms with Crippen LogP contribution >= 0.6 is 0 Å². The van der Waals surface area contributed by atoms with E-state index in [0.717, 1.165) is 5.56 Å². The Bertz CT molecular complexity index is 322. The van der Waals surface area contributed by atoms with E-state index in [2.05, 4.69) is 10.6 Å². The third-order valence-electron chi connectivity index (χ3n) is 2.23. The fourth-order valence-corrected chi connectivity index (χ4v) is 1.09. The highest BCUT2D eigenvalue weighted by atomic mass is 16.3. The lowest BCUT2D eigenvalue weighted by Gasteiger charge is -2.10. The lowest BCUT2D eigenvalue weighted by Crippen LogP contribution is -2.39. The first-order chi connectivity index (χ1) is 7.13. The smallest absolute Gasteiger partial charge is 0.237 e. The van der Waals surface area contributed by atoms with E-state index in [4.69, 9.17) is 5.11 Å². The lowest BCUT2D eigenvalue weighted by molar-refractivity contribution is -0.122. The topological polar surface area (TPSA) is 61.4 Å². The van der Waals surface area contributed by atoms with E-state index < -0.39 is 0 Å². The second-order valence-electron chi connectivity index (χ2n) is 3.39. The zero-order valence-corrected chi connectivity index (χ0v) is 8.95. The van der Waals surface area contributed by atoms with Gasteiger partial charge in [0.1, 0.15) is 5.75 Å². The number of nitrogens with one attached hydrogen (secondary N) is 2. The van der Waals surface area contributed by atoms with Crippen LogP contribution in [0.3, 0.4) is 0 Å². The molecule has 0 bridgehead atoms. The van der Waals surface area contributed by atoms with Crippen molar-refractivity contribution in [1.82, 2.24) is 10.6 Å². The molecular formula is C11H16N2O2. The van der Waals surface area contributed by atoms with Gasteiger partial charge in [-0.05, 0) is 31.7 Å². The summed E-state index contributed by atoms with van der Waals surface area (Å²) >= 11 is 0. The summed E-state index contributed by atoms with van der Waals surface area (Å²) < 4.78 is 0. The van der Waals surface area contributed by atoms with Crippen molar-refractivity contribution in [2.45, 2.75) is 19.5 Å². The first-order valence-electron chi connectivity index (χ1n) is 4.86.